The summed E-state index contributed by atoms with van der Waals surface area (Å²) >= 11 is 3.49. The minimum absolute atomic E-state index is 0. The van der Waals surface area contributed by atoms with E-state index in [-0.39, 0.29) is 125 Å². The highest BCUT2D eigenvalue weighted by Crippen LogP contribution is 2.36. The Morgan fingerprint density at radius 2 is 0.754 bits per heavy atom. The molecule has 0 spiro atoms. The van der Waals surface area contributed by atoms with E-state index >= 15 is 0 Å². The van der Waals surface area contributed by atoms with Crippen LogP contribution in [0.3, 0.4) is 0 Å². The third kappa shape index (κ3) is 29.2. The number of fused-ring (bicyclic) bond motifs is 6. The number of carbonyl (C=O) groups excluding carboxylic acids is 3. The second-order valence-electron chi connectivity index (χ2n) is 36.2. The third-order valence-electron chi connectivity index (χ3n) is 25.7. The molecule has 0 aliphatic carbocycles. The summed E-state index contributed by atoms with van der Waals surface area (Å²) in [5, 5.41) is 6.01. The maximum absolute atomic E-state index is 14.5. The molecule has 9 aromatic carbocycles. The molecule has 3 aliphatic rings. The minimum Gasteiger partial charge on any atom is -0.385 e. The predicted molar refractivity (Wildman–Crippen MR) is 576 cm³/mol. The number of nitrogens with zero attached hydrogens (tertiary/aromatic N) is 11. The number of methoxy groups -OCH3 is 3. The molecule has 3 fully saturated rings. The maximum Gasteiger partial charge on any atom is 0.331 e. The zero-order valence-electron chi connectivity index (χ0n) is 79.1. The Bertz CT molecular complexity index is 6650. The Morgan fingerprint density at radius 1 is 0.408 bits per heavy atom. The first-order chi connectivity index (χ1) is 66.1. The molecule has 6 aromatic heterocycles. The lowest BCUT2D eigenvalue weighted by Gasteiger charge is -2.33. The van der Waals surface area contributed by atoms with Crippen LogP contribution in [0.1, 0.15) is 194 Å². The van der Waals surface area contributed by atoms with Gasteiger partial charge in [-0.3, -0.25) is 23.5 Å². The van der Waals surface area contributed by atoms with Crippen LogP contribution in [0.4, 0.5) is 13.2 Å². The Morgan fingerprint density at radius 3 is 1.14 bits per heavy atom. The van der Waals surface area contributed by atoms with Crippen LogP contribution in [0, 0.1) is 35.2 Å². The fourth-order valence-corrected chi connectivity index (χ4v) is 19.4. The molecule has 15 aromatic rings. The maximum atomic E-state index is 14.5. The number of hydrogen-bond acceptors (Lipinski definition) is 14. The number of amides is 3. The second kappa shape index (κ2) is 55.9. The SMILES string of the molecule is C.C.C.C.C.C.CNCCNC.COCCCn1c([C@@H]2CCCN(C(=O)C[C@H](C)Cc3ccc(-n4c(=O)[nH]c5c(F)cccc54)cc3)C2)nc2ccccc21.COCCCn1c([C@@H]2CCCN(C(=O)C[C@H](C)Cc3ccc(-n4c(=O)[nH]c5cccc(F)c54)cc3)C2)nc2ccccc21.COCCCn1c([C@@H]2CCCN(C(=O)C[C@H](C)Cc3ccc(Br)cc3)C2)nc2ccccc21.O=c1[nH]c2cccc(F)c2[nH]1. The first-order valence-corrected chi connectivity index (χ1v) is 48.4. The smallest absolute Gasteiger partial charge is 0.331 e. The fourth-order valence-electron chi connectivity index (χ4n) is 19.1. The number of para-hydroxylation sites is 9. The molecule has 9 heterocycles. The zero-order valence-corrected chi connectivity index (χ0v) is 80.7. The molecule has 0 saturated carbocycles. The molecule has 18 rings (SSSR count). The van der Waals surface area contributed by atoms with Crippen molar-refractivity contribution in [3.05, 3.63) is 288 Å². The molecule has 6 atom stereocenters. The van der Waals surface area contributed by atoms with Crippen molar-refractivity contribution in [2.45, 2.75) is 199 Å². The van der Waals surface area contributed by atoms with Gasteiger partial charge in [-0.1, -0.05) is 172 Å². The molecule has 0 unspecified atom stereocenters. The van der Waals surface area contributed by atoms with Gasteiger partial charge in [0.2, 0.25) is 17.7 Å². The molecule has 3 aliphatic heterocycles. The average Bonchev–Trinajstić information content (AvgIpc) is 1.50. The van der Waals surface area contributed by atoms with Crippen LogP contribution in [0.2, 0.25) is 0 Å². The van der Waals surface area contributed by atoms with E-state index in [0.29, 0.717) is 79.4 Å². The van der Waals surface area contributed by atoms with Crippen LogP contribution in [0.15, 0.2) is 219 Å². The normalized spacial score (nSPS) is 15.1. The minimum atomic E-state index is -0.454. The van der Waals surface area contributed by atoms with Crippen LogP contribution in [-0.2, 0) is 67.5 Å². The number of likely N-dealkylation sites (tertiary alicyclic amines) is 3. The highest BCUT2D eigenvalue weighted by atomic mass is 79.9. The molecule has 3 saturated heterocycles. The van der Waals surface area contributed by atoms with Crippen molar-refractivity contribution >= 4 is 99.9 Å². The second-order valence-corrected chi connectivity index (χ2v) is 37.1. The molecule has 0 bridgehead atoms. The monoisotopic (exact) mass is 2010 g/mol. The van der Waals surface area contributed by atoms with Gasteiger partial charge in [0, 0.05) is 155 Å². The van der Waals surface area contributed by atoms with E-state index in [4.69, 9.17) is 29.2 Å². The predicted octanol–water partition coefficient (Wildman–Crippen LogP) is 21.7. The number of hydrogen-bond donors (Lipinski definition) is 6. The lowest BCUT2D eigenvalue weighted by atomic mass is 9.94. The van der Waals surface area contributed by atoms with Crippen molar-refractivity contribution in [1.29, 1.82) is 0 Å². The number of benzene rings is 9. The Kier molecular flexibility index (Phi) is 45.3. The molecule has 766 valence electrons. The summed E-state index contributed by atoms with van der Waals surface area (Å²) in [6, 6.07) is 62.3. The number of piperidine rings is 3. The Labute approximate surface area is 843 Å². The molecular weight excluding hydrogens is 1860 g/mol. The molecule has 30 heteroatoms. The van der Waals surface area contributed by atoms with Crippen LogP contribution in [-0.4, -0.2) is 198 Å². The number of aryl methyl sites for hydroxylation is 3. The number of rotatable bonds is 32. The summed E-state index contributed by atoms with van der Waals surface area (Å²) in [5.41, 5.74) is 12.2. The van der Waals surface area contributed by atoms with Crippen LogP contribution in [0.25, 0.3) is 77.6 Å². The first kappa shape index (κ1) is 115. The van der Waals surface area contributed by atoms with Gasteiger partial charge < -0.3 is 73.2 Å². The van der Waals surface area contributed by atoms with Gasteiger partial charge in [0.25, 0.3) is 0 Å². The average molecular weight is 2020 g/mol. The summed E-state index contributed by atoms with van der Waals surface area (Å²) in [4.78, 5) is 107. The number of imidazole rings is 6. The van der Waals surface area contributed by atoms with E-state index < -0.39 is 17.5 Å². The molecule has 142 heavy (non-hydrogen) atoms. The third-order valence-corrected chi connectivity index (χ3v) is 26.3. The number of carbonyl (C=O) groups is 3. The number of aromatic nitrogens is 12. The molecule has 3 amide bonds. The van der Waals surface area contributed by atoms with Gasteiger partial charge >= 0.3 is 17.1 Å². The Hall–Kier alpha value is -12.3. The van der Waals surface area contributed by atoms with Gasteiger partial charge in [-0.25, -0.2) is 42.5 Å². The van der Waals surface area contributed by atoms with Gasteiger partial charge in [0.1, 0.15) is 51.5 Å². The van der Waals surface area contributed by atoms with E-state index in [1.807, 2.05) is 96.7 Å². The topological polar surface area (TPSA) is 290 Å². The number of halogens is 4. The summed E-state index contributed by atoms with van der Waals surface area (Å²) < 4.78 is 68.2. The molecule has 0 radical (unpaired) electrons. The summed E-state index contributed by atoms with van der Waals surface area (Å²) in [7, 11) is 9.08. The summed E-state index contributed by atoms with van der Waals surface area (Å²) in [6.45, 7) is 17.7. The zero-order chi connectivity index (χ0) is 95.7. The van der Waals surface area contributed by atoms with E-state index in [1.54, 1.807) is 57.7 Å². The highest BCUT2D eigenvalue weighted by molar-refractivity contribution is 9.10. The molecular formula is C112H151BrF3N17O9. The summed E-state index contributed by atoms with van der Waals surface area (Å²) in [6.07, 6.45) is 12.8. The largest absolute Gasteiger partial charge is 0.385 e. The van der Waals surface area contributed by atoms with Crippen molar-refractivity contribution in [3.8, 4) is 11.4 Å². The van der Waals surface area contributed by atoms with Crippen LogP contribution >= 0.6 is 15.9 Å². The number of nitrogens with one attached hydrogen (secondary N) is 6. The summed E-state index contributed by atoms with van der Waals surface area (Å²) in [5.74, 6) is 3.87. The molecule has 26 nitrogen and oxygen atoms in total. The quantitative estimate of drug-likeness (QED) is 0.0214. The fraction of sp³-hybridized carbons (Fsp3) is 0.438. The van der Waals surface area contributed by atoms with Gasteiger partial charge in [0.15, 0.2) is 0 Å². The van der Waals surface area contributed by atoms with Crippen molar-refractivity contribution < 1.29 is 41.8 Å². The van der Waals surface area contributed by atoms with Crippen molar-refractivity contribution in [2.75, 3.05) is 108 Å². The van der Waals surface area contributed by atoms with E-state index in [9.17, 15) is 41.9 Å². The van der Waals surface area contributed by atoms with Crippen molar-refractivity contribution in [3.63, 3.8) is 0 Å². The van der Waals surface area contributed by atoms with Crippen molar-refractivity contribution in [2.24, 2.45) is 17.8 Å². The van der Waals surface area contributed by atoms with E-state index in [0.717, 1.165) is 203 Å². The Balaban J connectivity index is 0.000000236. The number of ether oxygens (including phenoxy) is 3. The first-order valence-electron chi connectivity index (χ1n) is 47.6. The van der Waals surface area contributed by atoms with Gasteiger partial charge in [-0.2, -0.15) is 0 Å². The lowest BCUT2D eigenvalue weighted by Crippen LogP contribution is -2.40. The standard InChI is InChI=1S/2C34H38FN5O3.C27H34BrN3O2.C7H5FN2O.C4H12N2.6CH4/c1-23(20-24-13-15-26(16-14-24)40-32-27(35)9-5-11-29(32)37-34(40)42)21-31(41)38-17-6-8-25(22-38)33-36-28-10-3-4-12-30(28)39(33)18-7-19-43-2;1-23(20-24-13-15-26(16-14-24)40-30-12-5-9-27(35)32(30)37-34(40)42)21-31(41)38-17-6-8-25(22-38)33-36-28-10-3-4-11-29(28)39(33)18-7-19-43-2;1-20(17-21-10-12-23(28)13-11-21)18-26(32)30-14-5-7-22(19-30)27-29-24-8-3-4-9-25(24)31(27)15-6-16-33-2;8-4-2-1-3-5-6(4)10-7(11)9-5;1-5-3-4-6-2;;;;;;/h2*3-5,9-16,23,25H,6-8,17-22H2,1-2H3,(H,37,42);3-4,8-13,20,22H,5-7,14-19H2,1-2H3;1-3H,(H2,9,10,11);5-6H,3-4H2,1-2H3;6*1H4/t2*23-,25-;20-,22-;;;;;;;;/m111......../s1. The number of H-pyrrole nitrogens is 4. The van der Waals surface area contributed by atoms with E-state index in [1.165, 1.54) is 38.4 Å². The van der Waals surface area contributed by atoms with Crippen LogP contribution < -0.4 is 27.7 Å². The highest BCUT2D eigenvalue weighted by Gasteiger charge is 2.34. The van der Waals surface area contributed by atoms with Gasteiger partial charge in [-0.15, -0.1) is 0 Å². The molecule has 6 N–H and O–H groups in total. The van der Waals surface area contributed by atoms with Crippen LogP contribution in [0.5, 0.6) is 0 Å². The number of likely N-dealkylation sites (N-methyl/N-ethyl adjacent to an activating group) is 2. The van der Waals surface area contributed by atoms with Crippen molar-refractivity contribution in [1.82, 2.24) is 83.1 Å². The van der Waals surface area contributed by atoms with Gasteiger partial charge in [0.05, 0.1) is 61.0 Å². The number of aromatic amines is 4. The van der Waals surface area contributed by atoms with Gasteiger partial charge in [-0.05, 0) is 235 Å². The lowest BCUT2D eigenvalue weighted by molar-refractivity contribution is -0.134. The van der Waals surface area contributed by atoms with E-state index in [2.05, 4.69) is 159 Å².